The molecule has 3 nitrogen and oxygen atoms in total. The van der Waals surface area contributed by atoms with Crippen LogP contribution in [-0.2, 0) is 0 Å². The zero-order chi connectivity index (χ0) is 9.30. The van der Waals surface area contributed by atoms with Crippen LogP contribution in [0.5, 0.6) is 0 Å². The van der Waals surface area contributed by atoms with E-state index in [2.05, 4.69) is 15.9 Å². The van der Waals surface area contributed by atoms with Gasteiger partial charge in [0, 0.05) is 15.7 Å². The first kappa shape index (κ1) is 9.06. The molecule has 64 valence electrons. The Balaban J connectivity index is 3.37. The highest BCUT2D eigenvalue weighted by Crippen LogP contribution is 2.22. The predicted molar refractivity (Wildman–Crippen MR) is 47.6 cm³/mol. The van der Waals surface area contributed by atoms with E-state index in [1.165, 1.54) is 6.07 Å². The summed E-state index contributed by atoms with van der Waals surface area (Å²) in [5, 5.41) is 10.5. The maximum absolute atomic E-state index is 10.5. The number of carbonyl (C=O) groups excluding carboxylic acids is 1. The number of carbonyl (C=O) groups is 1. The molecule has 1 rings (SSSR count). The number of carboxylic acid groups (broad SMARTS) is 1. The van der Waals surface area contributed by atoms with Crippen molar-refractivity contribution in [2.24, 2.45) is 0 Å². The van der Waals surface area contributed by atoms with E-state index < -0.39 is 5.97 Å². The molecule has 0 bridgehead atoms. The normalized spacial score (nSPS) is 9.83. The van der Waals surface area contributed by atoms with Crippen LogP contribution < -0.4 is 10.8 Å². The highest BCUT2D eigenvalue weighted by molar-refractivity contribution is 9.10. The molecule has 0 saturated carbocycles. The average Bonchev–Trinajstić information content (AvgIpc) is 1.96. The lowest BCUT2D eigenvalue weighted by molar-refractivity contribution is -0.254. The van der Waals surface area contributed by atoms with Crippen LogP contribution in [0.15, 0.2) is 16.6 Å². The van der Waals surface area contributed by atoms with Gasteiger partial charge in [-0.3, -0.25) is 0 Å². The van der Waals surface area contributed by atoms with Crippen molar-refractivity contribution in [3.05, 3.63) is 27.7 Å². The summed E-state index contributed by atoms with van der Waals surface area (Å²) >= 11 is 3.17. The molecule has 0 aliphatic heterocycles. The topological polar surface area (TPSA) is 66.1 Å². The molecule has 0 atom stereocenters. The van der Waals surface area contributed by atoms with Crippen molar-refractivity contribution in [3.8, 4) is 0 Å². The standard InChI is InChI=1S/C8H8BrNO2/c1-4-2-5(9)3-6(7(4)10)8(11)12/h2-3H,10H2,1H3,(H,11,12)/p-1. The van der Waals surface area contributed by atoms with Crippen LogP contribution in [0.2, 0.25) is 0 Å². The first-order valence-corrected chi connectivity index (χ1v) is 4.08. The number of carboxylic acids is 1. The minimum atomic E-state index is -1.25. The van der Waals surface area contributed by atoms with E-state index >= 15 is 0 Å². The quantitative estimate of drug-likeness (QED) is 0.721. The number of benzene rings is 1. The largest absolute Gasteiger partial charge is 0.545 e. The van der Waals surface area contributed by atoms with E-state index in [-0.39, 0.29) is 11.3 Å². The zero-order valence-electron chi connectivity index (χ0n) is 6.43. The molecule has 0 radical (unpaired) electrons. The van der Waals surface area contributed by atoms with Crippen LogP contribution in [0.3, 0.4) is 0 Å². The van der Waals surface area contributed by atoms with Gasteiger partial charge in [-0.15, -0.1) is 0 Å². The minimum Gasteiger partial charge on any atom is -0.545 e. The Labute approximate surface area is 78.3 Å². The fraction of sp³-hybridized carbons (Fsp3) is 0.125. The number of anilines is 1. The third-order valence-corrected chi connectivity index (χ3v) is 2.03. The van der Waals surface area contributed by atoms with Crippen molar-refractivity contribution in [3.63, 3.8) is 0 Å². The van der Waals surface area contributed by atoms with Crippen molar-refractivity contribution in [2.75, 3.05) is 5.73 Å². The molecule has 0 unspecified atom stereocenters. The fourth-order valence-corrected chi connectivity index (χ4v) is 1.50. The maximum atomic E-state index is 10.5. The summed E-state index contributed by atoms with van der Waals surface area (Å²) in [6, 6.07) is 3.18. The second kappa shape index (κ2) is 3.15. The number of hydrogen-bond acceptors (Lipinski definition) is 3. The zero-order valence-corrected chi connectivity index (χ0v) is 8.01. The molecule has 0 aliphatic rings. The molecule has 4 heteroatoms. The number of rotatable bonds is 1. The van der Waals surface area contributed by atoms with Gasteiger partial charge in [-0.05, 0) is 24.6 Å². The summed E-state index contributed by atoms with van der Waals surface area (Å²) in [6.07, 6.45) is 0. The SMILES string of the molecule is Cc1cc(Br)cc(C(=O)[O-])c1N. The van der Waals surface area contributed by atoms with E-state index in [0.29, 0.717) is 4.47 Å². The van der Waals surface area contributed by atoms with Gasteiger partial charge in [-0.1, -0.05) is 15.9 Å². The summed E-state index contributed by atoms with van der Waals surface area (Å²) < 4.78 is 0.688. The third-order valence-electron chi connectivity index (χ3n) is 1.57. The van der Waals surface area contributed by atoms with Crippen molar-refractivity contribution in [2.45, 2.75) is 6.92 Å². The molecule has 0 spiro atoms. The smallest absolute Gasteiger partial charge is 0.0736 e. The van der Waals surface area contributed by atoms with Gasteiger partial charge in [-0.25, -0.2) is 0 Å². The molecule has 0 amide bonds. The summed E-state index contributed by atoms with van der Waals surface area (Å²) in [6.45, 7) is 1.74. The molecule has 0 saturated heterocycles. The second-order valence-electron chi connectivity index (χ2n) is 2.47. The third kappa shape index (κ3) is 1.58. The molecule has 1 aromatic carbocycles. The molecule has 0 aromatic heterocycles. The number of hydrogen-bond donors (Lipinski definition) is 1. The summed E-state index contributed by atoms with van der Waals surface area (Å²) in [7, 11) is 0. The number of nitrogens with two attached hydrogens (primary N) is 1. The predicted octanol–water partition coefficient (Wildman–Crippen LogP) is 0.703. The molecule has 0 heterocycles. The Hall–Kier alpha value is -1.03. The molecular weight excluding hydrogens is 222 g/mol. The summed E-state index contributed by atoms with van der Waals surface area (Å²) in [5.74, 6) is -1.25. The van der Waals surface area contributed by atoms with E-state index in [0.717, 1.165) is 5.56 Å². The van der Waals surface area contributed by atoms with Crippen LogP contribution in [0.25, 0.3) is 0 Å². The minimum absolute atomic E-state index is 0.0295. The number of nitrogen functional groups attached to an aromatic ring is 1. The number of aromatic carboxylic acids is 1. The molecule has 2 N–H and O–H groups in total. The molecule has 12 heavy (non-hydrogen) atoms. The lowest BCUT2D eigenvalue weighted by atomic mass is 10.1. The van der Waals surface area contributed by atoms with Crippen molar-refractivity contribution in [1.29, 1.82) is 0 Å². The average molecular weight is 229 g/mol. The van der Waals surface area contributed by atoms with Gasteiger partial charge in [0.2, 0.25) is 0 Å². The number of halogens is 1. The number of aryl methyl sites for hydroxylation is 1. The van der Waals surface area contributed by atoms with Crippen molar-refractivity contribution >= 4 is 27.6 Å². The van der Waals surface area contributed by atoms with Crippen LogP contribution in [-0.4, -0.2) is 5.97 Å². The lowest BCUT2D eigenvalue weighted by Crippen LogP contribution is -2.23. The maximum Gasteiger partial charge on any atom is 0.0736 e. The van der Waals surface area contributed by atoms with Crippen LogP contribution in [0.4, 0.5) is 5.69 Å². The Bertz CT molecular complexity index is 336. The Morgan fingerprint density at radius 3 is 2.67 bits per heavy atom. The molecular formula is C8H7BrNO2-. The molecule has 0 aliphatic carbocycles. The fourth-order valence-electron chi connectivity index (χ4n) is 0.923. The van der Waals surface area contributed by atoms with Crippen LogP contribution in [0.1, 0.15) is 15.9 Å². The van der Waals surface area contributed by atoms with Gasteiger partial charge in [0.1, 0.15) is 0 Å². The van der Waals surface area contributed by atoms with Crippen molar-refractivity contribution in [1.82, 2.24) is 0 Å². The van der Waals surface area contributed by atoms with Crippen LogP contribution in [0, 0.1) is 6.92 Å². The van der Waals surface area contributed by atoms with Gasteiger partial charge < -0.3 is 15.6 Å². The first-order valence-electron chi connectivity index (χ1n) is 3.29. The Kier molecular flexibility index (Phi) is 2.38. The van der Waals surface area contributed by atoms with Gasteiger partial charge >= 0.3 is 0 Å². The van der Waals surface area contributed by atoms with Gasteiger partial charge in [0.25, 0.3) is 0 Å². The molecule has 1 aromatic rings. The van der Waals surface area contributed by atoms with Crippen molar-refractivity contribution < 1.29 is 9.90 Å². The Morgan fingerprint density at radius 1 is 1.58 bits per heavy atom. The molecule has 0 fully saturated rings. The van der Waals surface area contributed by atoms with Gasteiger partial charge in [0.15, 0.2) is 0 Å². The monoisotopic (exact) mass is 228 g/mol. The summed E-state index contributed by atoms with van der Waals surface area (Å²) in [5.41, 5.74) is 6.53. The highest BCUT2D eigenvalue weighted by Gasteiger charge is 2.04. The first-order chi connectivity index (χ1) is 5.52. The highest BCUT2D eigenvalue weighted by atomic mass is 79.9. The van der Waals surface area contributed by atoms with E-state index in [4.69, 9.17) is 5.73 Å². The van der Waals surface area contributed by atoms with E-state index in [9.17, 15) is 9.90 Å². The van der Waals surface area contributed by atoms with E-state index in [1.807, 2.05) is 0 Å². The van der Waals surface area contributed by atoms with Crippen LogP contribution >= 0.6 is 15.9 Å². The second-order valence-corrected chi connectivity index (χ2v) is 3.39. The van der Waals surface area contributed by atoms with Gasteiger partial charge in [-0.2, -0.15) is 0 Å². The van der Waals surface area contributed by atoms with Gasteiger partial charge in [0.05, 0.1) is 5.97 Å². The van der Waals surface area contributed by atoms with E-state index in [1.54, 1.807) is 13.0 Å². The lowest BCUT2D eigenvalue weighted by Gasteiger charge is -2.09. The summed E-state index contributed by atoms with van der Waals surface area (Å²) in [4.78, 5) is 10.5. The Morgan fingerprint density at radius 2 is 2.17 bits per heavy atom.